The molecule has 1 N–H and O–H groups in total. The fraction of sp³-hybridized carbons (Fsp3) is 0.400. The van der Waals surface area contributed by atoms with E-state index >= 15 is 0 Å². The quantitative estimate of drug-likeness (QED) is 0.821. The maximum atomic E-state index is 12.6. The molecule has 3 rings (SSSR count). The summed E-state index contributed by atoms with van der Waals surface area (Å²) >= 11 is 0. The molecule has 104 valence electrons. The van der Waals surface area contributed by atoms with Crippen LogP contribution in [-0.2, 0) is 11.2 Å². The third-order valence-electron chi connectivity index (χ3n) is 3.83. The molecule has 1 aliphatic heterocycles. The van der Waals surface area contributed by atoms with E-state index in [1.54, 1.807) is 23.1 Å². The van der Waals surface area contributed by atoms with Crippen LogP contribution in [0, 0.1) is 0 Å². The number of rotatable bonds is 1. The number of fused-ring (bicyclic) bond motifs is 1. The third-order valence-corrected chi connectivity index (χ3v) is 3.83. The van der Waals surface area contributed by atoms with Crippen LogP contribution in [0.5, 0.6) is 0 Å². The van der Waals surface area contributed by atoms with E-state index in [-0.39, 0.29) is 30.2 Å². The highest BCUT2D eigenvalue weighted by molar-refractivity contribution is 6.06. The smallest absolute Gasteiger partial charge is 0.254 e. The molecule has 1 heterocycles. The molecule has 20 heavy (non-hydrogen) atoms. The van der Waals surface area contributed by atoms with Crippen molar-refractivity contribution in [3.05, 3.63) is 34.9 Å². The van der Waals surface area contributed by atoms with E-state index in [1.165, 1.54) is 0 Å². The molecule has 1 saturated heterocycles. The SMILES string of the molecule is C[C@H]1CN(C(=O)c2cccc3c2CCC3=O)CC(=O)N1. The Morgan fingerprint density at radius 2 is 2.10 bits per heavy atom. The lowest BCUT2D eigenvalue weighted by Gasteiger charge is -2.31. The first kappa shape index (κ1) is 12.8. The van der Waals surface area contributed by atoms with Crippen LogP contribution >= 0.6 is 0 Å². The minimum atomic E-state index is -0.154. The molecule has 5 nitrogen and oxygen atoms in total. The van der Waals surface area contributed by atoms with E-state index in [0.29, 0.717) is 30.5 Å². The standard InChI is InChI=1S/C15H16N2O3/c1-9-7-17(8-14(19)16-9)15(20)12-4-2-3-11-10(12)5-6-13(11)18/h2-4,9H,5-8H2,1H3,(H,16,19)/t9-/m0/s1. The van der Waals surface area contributed by atoms with Crippen LogP contribution in [-0.4, -0.2) is 41.6 Å². The number of piperazine rings is 1. The maximum Gasteiger partial charge on any atom is 0.254 e. The van der Waals surface area contributed by atoms with E-state index < -0.39 is 0 Å². The molecule has 2 amide bonds. The van der Waals surface area contributed by atoms with Crippen LogP contribution in [0.2, 0.25) is 0 Å². The van der Waals surface area contributed by atoms with Gasteiger partial charge >= 0.3 is 0 Å². The summed E-state index contributed by atoms with van der Waals surface area (Å²) in [6.45, 7) is 2.46. The van der Waals surface area contributed by atoms with Gasteiger partial charge in [0.05, 0.1) is 6.54 Å². The average molecular weight is 272 g/mol. The van der Waals surface area contributed by atoms with Crippen LogP contribution in [0.25, 0.3) is 0 Å². The maximum absolute atomic E-state index is 12.6. The van der Waals surface area contributed by atoms with Crippen molar-refractivity contribution in [2.24, 2.45) is 0 Å². The summed E-state index contributed by atoms with van der Waals surface area (Å²) in [7, 11) is 0. The molecule has 0 saturated carbocycles. The van der Waals surface area contributed by atoms with E-state index in [2.05, 4.69) is 5.32 Å². The predicted octanol–water partition coefficient (Wildman–Crippen LogP) is 0.776. The van der Waals surface area contributed by atoms with Gasteiger partial charge in [0.15, 0.2) is 5.78 Å². The molecular formula is C15H16N2O3. The van der Waals surface area contributed by atoms with Gasteiger partial charge in [-0.05, 0) is 25.0 Å². The fourth-order valence-corrected chi connectivity index (χ4v) is 2.95. The first-order valence-electron chi connectivity index (χ1n) is 6.80. The summed E-state index contributed by atoms with van der Waals surface area (Å²) in [5, 5.41) is 2.79. The number of Topliss-reactive ketones (excluding diaryl/α,β-unsaturated/α-hetero) is 1. The van der Waals surface area contributed by atoms with E-state index in [1.807, 2.05) is 6.92 Å². The predicted molar refractivity (Wildman–Crippen MR) is 72.6 cm³/mol. The van der Waals surface area contributed by atoms with Gasteiger partial charge in [-0.3, -0.25) is 14.4 Å². The Balaban J connectivity index is 1.92. The summed E-state index contributed by atoms with van der Waals surface area (Å²) in [6, 6.07) is 5.21. The van der Waals surface area contributed by atoms with Gasteiger partial charge < -0.3 is 10.2 Å². The van der Waals surface area contributed by atoms with Gasteiger partial charge in [0.2, 0.25) is 5.91 Å². The second-order valence-electron chi connectivity index (χ2n) is 5.41. The molecule has 1 aliphatic carbocycles. The van der Waals surface area contributed by atoms with Gasteiger partial charge in [0.1, 0.15) is 0 Å². The topological polar surface area (TPSA) is 66.5 Å². The number of nitrogens with zero attached hydrogens (tertiary/aromatic N) is 1. The number of hydrogen-bond acceptors (Lipinski definition) is 3. The lowest BCUT2D eigenvalue weighted by Crippen LogP contribution is -2.54. The Hall–Kier alpha value is -2.17. The second kappa shape index (κ2) is 4.74. The van der Waals surface area contributed by atoms with Crippen LogP contribution < -0.4 is 5.32 Å². The summed E-state index contributed by atoms with van der Waals surface area (Å²) in [6.07, 6.45) is 1.09. The second-order valence-corrected chi connectivity index (χ2v) is 5.41. The van der Waals surface area contributed by atoms with Gasteiger partial charge in [-0.15, -0.1) is 0 Å². The first-order chi connectivity index (χ1) is 9.56. The van der Waals surface area contributed by atoms with Gasteiger partial charge in [-0.1, -0.05) is 12.1 Å². The molecule has 0 bridgehead atoms. The minimum Gasteiger partial charge on any atom is -0.350 e. The summed E-state index contributed by atoms with van der Waals surface area (Å²) in [4.78, 5) is 37.4. The molecule has 1 aromatic carbocycles. The zero-order valence-electron chi connectivity index (χ0n) is 11.3. The molecule has 1 aromatic rings. The van der Waals surface area contributed by atoms with Crippen molar-refractivity contribution >= 4 is 17.6 Å². The van der Waals surface area contributed by atoms with Crippen molar-refractivity contribution < 1.29 is 14.4 Å². The van der Waals surface area contributed by atoms with Crippen molar-refractivity contribution in [3.8, 4) is 0 Å². The summed E-state index contributed by atoms with van der Waals surface area (Å²) in [5.74, 6) is -0.196. The van der Waals surface area contributed by atoms with Crippen molar-refractivity contribution in [3.63, 3.8) is 0 Å². The fourth-order valence-electron chi connectivity index (χ4n) is 2.95. The molecule has 2 aliphatic rings. The van der Waals surface area contributed by atoms with Gasteiger partial charge in [-0.2, -0.15) is 0 Å². The average Bonchev–Trinajstić information content (AvgIpc) is 2.79. The highest BCUT2D eigenvalue weighted by Crippen LogP contribution is 2.26. The monoisotopic (exact) mass is 272 g/mol. The molecule has 1 atom stereocenters. The summed E-state index contributed by atoms with van der Waals surface area (Å²) in [5.41, 5.74) is 2.06. The molecule has 1 fully saturated rings. The van der Waals surface area contributed by atoms with Crippen LogP contribution in [0.1, 0.15) is 39.6 Å². The number of carbonyl (C=O) groups is 3. The van der Waals surface area contributed by atoms with Crippen LogP contribution in [0.3, 0.4) is 0 Å². The summed E-state index contributed by atoms with van der Waals surface area (Å²) < 4.78 is 0. The molecule has 0 spiro atoms. The molecule has 0 unspecified atom stereocenters. The molecular weight excluding hydrogens is 256 g/mol. The number of amides is 2. The number of ketones is 1. The Kier molecular flexibility index (Phi) is 3.04. The Morgan fingerprint density at radius 1 is 1.30 bits per heavy atom. The zero-order valence-corrected chi connectivity index (χ0v) is 11.3. The van der Waals surface area contributed by atoms with Gasteiger partial charge in [0, 0.05) is 30.1 Å². The normalized spacial score (nSPS) is 21.6. The highest BCUT2D eigenvalue weighted by Gasteiger charge is 2.30. The lowest BCUT2D eigenvalue weighted by atomic mass is 10.0. The highest BCUT2D eigenvalue weighted by atomic mass is 16.2. The molecule has 0 aromatic heterocycles. The lowest BCUT2D eigenvalue weighted by molar-refractivity contribution is -0.124. The van der Waals surface area contributed by atoms with Gasteiger partial charge in [0.25, 0.3) is 5.91 Å². The number of carbonyl (C=O) groups excluding carboxylic acids is 3. The van der Waals surface area contributed by atoms with E-state index in [9.17, 15) is 14.4 Å². The molecule has 0 radical (unpaired) electrons. The minimum absolute atomic E-state index is 0.0430. The third kappa shape index (κ3) is 2.09. The van der Waals surface area contributed by atoms with Crippen molar-refractivity contribution in [1.82, 2.24) is 10.2 Å². The Labute approximate surface area is 116 Å². The Morgan fingerprint density at radius 3 is 2.85 bits per heavy atom. The van der Waals surface area contributed by atoms with E-state index in [0.717, 1.165) is 5.56 Å². The molecule has 5 heteroatoms. The van der Waals surface area contributed by atoms with Crippen LogP contribution in [0.15, 0.2) is 18.2 Å². The van der Waals surface area contributed by atoms with Crippen molar-refractivity contribution in [2.75, 3.05) is 13.1 Å². The number of nitrogens with one attached hydrogen (secondary N) is 1. The van der Waals surface area contributed by atoms with Crippen LogP contribution in [0.4, 0.5) is 0 Å². The largest absolute Gasteiger partial charge is 0.350 e. The zero-order chi connectivity index (χ0) is 14.3. The van der Waals surface area contributed by atoms with E-state index in [4.69, 9.17) is 0 Å². The first-order valence-corrected chi connectivity index (χ1v) is 6.80. The van der Waals surface area contributed by atoms with Crippen molar-refractivity contribution in [1.29, 1.82) is 0 Å². The van der Waals surface area contributed by atoms with Crippen molar-refractivity contribution in [2.45, 2.75) is 25.8 Å². The number of benzene rings is 1. The Bertz CT molecular complexity index is 609. The van der Waals surface area contributed by atoms with Gasteiger partial charge in [-0.25, -0.2) is 0 Å². The number of hydrogen-bond donors (Lipinski definition) is 1.